The molecule has 0 spiro atoms. The molecule has 180 valence electrons. The van der Waals surface area contributed by atoms with Crippen molar-refractivity contribution in [2.45, 2.75) is 12.8 Å². The van der Waals surface area contributed by atoms with Gasteiger partial charge in [0.25, 0.3) is 5.91 Å². The molecule has 1 unspecified atom stereocenters. The summed E-state index contributed by atoms with van der Waals surface area (Å²) in [7, 11) is 1.64. The van der Waals surface area contributed by atoms with Crippen molar-refractivity contribution < 1.29 is 9.53 Å². The number of benzene rings is 4. The van der Waals surface area contributed by atoms with Gasteiger partial charge in [0, 0.05) is 46.0 Å². The molecule has 4 aromatic carbocycles. The molecule has 1 amide bonds. The minimum absolute atomic E-state index is 0.0495. The van der Waals surface area contributed by atoms with Crippen LogP contribution in [-0.2, 0) is 0 Å². The molecule has 0 saturated heterocycles. The molecule has 6 rings (SSSR count). The quantitative estimate of drug-likeness (QED) is 0.250. The maximum Gasteiger partial charge on any atom is 0.274 e. The zero-order valence-corrected chi connectivity index (χ0v) is 20.9. The van der Waals surface area contributed by atoms with Crippen molar-refractivity contribution in [1.29, 1.82) is 0 Å². The Balaban J connectivity index is 1.46. The molecule has 0 bridgehead atoms. The van der Waals surface area contributed by atoms with E-state index < -0.39 is 0 Å². The van der Waals surface area contributed by atoms with Crippen LogP contribution in [0.3, 0.4) is 0 Å². The first-order valence-corrected chi connectivity index (χ1v) is 12.5. The fraction of sp³-hybridized carbons (Fsp3) is 0.167. The van der Waals surface area contributed by atoms with Crippen LogP contribution < -0.4 is 15.0 Å². The standard InChI is InChI=1S/C30H26ClN3O2/c1-18-7-9-21(10-8-18)32-26-15-28-29(24-6-4-3-5-23(24)26)20(16-31)17-34(28)30(35)27-14-19-13-22(36-2)11-12-25(19)33-27/h3-15,20,32-33H,16-17H2,1-2H3. The predicted octanol–water partition coefficient (Wildman–Crippen LogP) is 7.36. The van der Waals surface area contributed by atoms with Gasteiger partial charge in [-0.3, -0.25) is 4.79 Å². The van der Waals surface area contributed by atoms with Crippen LogP contribution in [0.1, 0.15) is 27.5 Å². The molecule has 6 heteroatoms. The zero-order chi connectivity index (χ0) is 24.8. The third-order valence-corrected chi connectivity index (χ3v) is 7.36. The highest BCUT2D eigenvalue weighted by Gasteiger charge is 2.35. The number of H-pyrrole nitrogens is 1. The molecule has 36 heavy (non-hydrogen) atoms. The number of carbonyl (C=O) groups excluding carboxylic acids is 1. The number of aromatic nitrogens is 1. The summed E-state index contributed by atoms with van der Waals surface area (Å²) in [5.41, 5.74) is 6.63. The van der Waals surface area contributed by atoms with E-state index in [-0.39, 0.29) is 11.8 Å². The number of nitrogens with one attached hydrogen (secondary N) is 2. The number of fused-ring (bicyclic) bond motifs is 4. The van der Waals surface area contributed by atoms with E-state index in [4.69, 9.17) is 16.3 Å². The number of aromatic amines is 1. The first-order valence-electron chi connectivity index (χ1n) is 12.0. The molecule has 1 aromatic heterocycles. The summed E-state index contributed by atoms with van der Waals surface area (Å²) >= 11 is 6.46. The fourth-order valence-electron chi connectivity index (χ4n) is 5.16. The Morgan fingerprint density at radius 2 is 1.83 bits per heavy atom. The van der Waals surface area contributed by atoms with E-state index >= 15 is 0 Å². The Morgan fingerprint density at radius 1 is 1.06 bits per heavy atom. The molecule has 1 atom stereocenters. The predicted molar refractivity (Wildman–Crippen MR) is 148 cm³/mol. The SMILES string of the molecule is COc1ccc2[nH]c(C(=O)N3CC(CCl)c4c3cc(Nc3ccc(C)cc3)c3ccccc43)cc2c1. The zero-order valence-electron chi connectivity index (χ0n) is 20.1. The Kier molecular flexibility index (Phi) is 5.57. The summed E-state index contributed by atoms with van der Waals surface area (Å²) in [5.74, 6) is 1.17. The first-order chi connectivity index (χ1) is 17.6. The van der Waals surface area contributed by atoms with Gasteiger partial charge in [0.05, 0.1) is 12.8 Å². The van der Waals surface area contributed by atoms with Crippen LogP contribution in [0.25, 0.3) is 21.7 Å². The summed E-state index contributed by atoms with van der Waals surface area (Å²) in [6.07, 6.45) is 0. The second kappa shape index (κ2) is 8.92. The topological polar surface area (TPSA) is 57.4 Å². The molecule has 1 aliphatic rings. The maximum absolute atomic E-state index is 13.8. The van der Waals surface area contributed by atoms with Gasteiger partial charge in [0.2, 0.25) is 0 Å². The smallest absolute Gasteiger partial charge is 0.274 e. The van der Waals surface area contributed by atoms with Gasteiger partial charge in [-0.05, 0) is 60.3 Å². The van der Waals surface area contributed by atoms with E-state index in [2.05, 4.69) is 59.7 Å². The molecular formula is C30H26ClN3O2. The molecule has 5 aromatic rings. The lowest BCUT2D eigenvalue weighted by Gasteiger charge is -2.19. The van der Waals surface area contributed by atoms with E-state index in [9.17, 15) is 4.79 Å². The van der Waals surface area contributed by atoms with Crippen molar-refractivity contribution in [3.05, 3.63) is 95.7 Å². The van der Waals surface area contributed by atoms with Crippen LogP contribution >= 0.6 is 11.6 Å². The number of hydrogen-bond donors (Lipinski definition) is 2. The number of amides is 1. The van der Waals surface area contributed by atoms with E-state index in [1.165, 1.54) is 5.56 Å². The molecule has 2 N–H and O–H groups in total. The number of alkyl halides is 1. The Hall–Kier alpha value is -3.96. The third kappa shape index (κ3) is 3.76. The average Bonchev–Trinajstić information content (AvgIpc) is 3.51. The Bertz CT molecular complexity index is 1610. The summed E-state index contributed by atoms with van der Waals surface area (Å²) < 4.78 is 5.35. The highest BCUT2D eigenvalue weighted by molar-refractivity contribution is 6.19. The van der Waals surface area contributed by atoms with Crippen molar-refractivity contribution >= 4 is 56.2 Å². The lowest BCUT2D eigenvalue weighted by atomic mass is 9.95. The monoisotopic (exact) mass is 495 g/mol. The second-order valence-corrected chi connectivity index (χ2v) is 9.61. The lowest BCUT2D eigenvalue weighted by Crippen LogP contribution is -2.30. The van der Waals surface area contributed by atoms with Crippen molar-refractivity contribution in [3.8, 4) is 5.75 Å². The van der Waals surface area contributed by atoms with Crippen molar-refractivity contribution in [2.24, 2.45) is 0 Å². The third-order valence-electron chi connectivity index (χ3n) is 6.99. The van der Waals surface area contributed by atoms with Crippen LogP contribution in [-0.4, -0.2) is 30.4 Å². The van der Waals surface area contributed by atoms with Crippen molar-refractivity contribution in [1.82, 2.24) is 4.98 Å². The number of carbonyl (C=O) groups is 1. The van der Waals surface area contributed by atoms with Crippen LogP contribution in [0.5, 0.6) is 5.75 Å². The normalized spacial score (nSPS) is 14.9. The van der Waals surface area contributed by atoms with Crippen molar-refractivity contribution in [2.75, 3.05) is 29.8 Å². The van der Waals surface area contributed by atoms with Crippen molar-refractivity contribution in [3.63, 3.8) is 0 Å². The number of halogens is 1. The Labute approximate surface area is 214 Å². The van der Waals surface area contributed by atoms with Crippen LogP contribution in [0.2, 0.25) is 0 Å². The van der Waals surface area contributed by atoms with Gasteiger partial charge < -0.3 is 19.9 Å². The molecule has 0 aliphatic carbocycles. The summed E-state index contributed by atoms with van der Waals surface area (Å²) in [4.78, 5) is 19.0. The minimum Gasteiger partial charge on any atom is -0.497 e. The van der Waals surface area contributed by atoms with Gasteiger partial charge >= 0.3 is 0 Å². The lowest BCUT2D eigenvalue weighted by molar-refractivity contribution is 0.0984. The number of nitrogens with zero attached hydrogens (tertiary/aromatic N) is 1. The van der Waals surface area contributed by atoms with Crippen LogP contribution in [0, 0.1) is 6.92 Å². The van der Waals surface area contributed by atoms with Gasteiger partial charge in [0.1, 0.15) is 11.4 Å². The number of rotatable bonds is 5. The van der Waals surface area contributed by atoms with E-state index in [1.54, 1.807) is 7.11 Å². The highest BCUT2D eigenvalue weighted by Crippen LogP contribution is 2.46. The number of methoxy groups -OCH3 is 1. The summed E-state index contributed by atoms with van der Waals surface area (Å²) in [5, 5.41) is 6.74. The van der Waals surface area contributed by atoms with E-state index in [0.29, 0.717) is 18.1 Å². The molecule has 0 radical (unpaired) electrons. The molecule has 2 heterocycles. The van der Waals surface area contributed by atoms with Gasteiger partial charge in [-0.15, -0.1) is 11.6 Å². The summed E-state index contributed by atoms with van der Waals surface area (Å²) in [6.45, 7) is 2.61. The number of aryl methyl sites for hydroxylation is 1. The van der Waals surface area contributed by atoms with Gasteiger partial charge in [-0.2, -0.15) is 0 Å². The Morgan fingerprint density at radius 3 is 2.58 bits per heavy atom. The van der Waals surface area contributed by atoms with Crippen LogP contribution in [0.4, 0.5) is 17.1 Å². The van der Waals surface area contributed by atoms with Gasteiger partial charge in [-0.1, -0.05) is 42.0 Å². The van der Waals surface area contributed by atoms with Gasteiger partial charge in [0.15, 0.2) is 0 Å². The molecule has 5 nitrogen and oxygen atoms in total. The molecule has 0 saturated carbocycles. The van der Waals surface area contributed by atoms with E-state index in [0.717, 1.165) is 50.1 Å². The fourth-order valence-corrected chi connectivity index (χ4v) is 5.41. The molecular weight excluding hydrogens is 470 g/mol. The number of hydrogen-bond acceptors (Lipinski definition) is 3. The minimum atomic E-state index is -0.0735. The average molecular weight is 496 g/mol. The largest absolute Gasteiger partial charge is 0.497 e. The maximum atomic E-state index is 13.8. The number of ether oxygens (including phenoxy) is 1. The molecule has 0 fully saturated rings. The highest BCUT2D eigenvalue weighted by atomic mass is 35.5. The number of anilines is 3. The van der Waals surface area contributed by atoms with Gasteiger partial charge in [-0.25, -0.2) is 0 Å². The second-order valence-electron chi connectivity index (χ2n) is 9.30. The molecule has 1 aliphatic heterocycles. The summed E-state index contributed by atoms with van der Waals surface area (Å²) in [6, 6.07) is 26.4. The van der Waals surface area contributed by atoms with E-state index in [1.807, 2.05) is 41.3 Å². The van der Waals surface area contributed by atoms with Crippen LogP contribution in [0.15, 0.2) is 78.9 Å². The first kappa shape index (κ1) is 22.5.